The average Bonchev–Trinajstić information content (AvgIpc) is 2.84. The predicted octanol–water partition coefficient (Wildman–Crippen LogP) is 2.70. The molecule has 0 spiro atoms. The standard InChI is InChI=1S/C23H32N4O7/c1-3-5-15-33-21(32)27-25-16-22(11-13-24-14-12-22)34-23(20(30)31,18(28)4-2)26-19(29)17-9-7-6-8-10-17/h6-10,24H,3-5,11-16H2,1-2H3,(H,26,29)(H,30,31). The molecule has 3 N–H and O–H groups in total. The Hall–Kier alpha value is -3.18. The third kappa shape index (κ3) is 7.16. The number of ketones is 1. The zero-order valence-electron chi connectivity index (χ0n) is 19.5. The van der Waals surface area contributed by atoms with E-state index in [1.54, 1.807) is 18.2 Å². The molecule has 1 fully saturated rings. The smallest absolute Gasteiger partial charge is 0.452 e. The van der Waals surface area contributed by atoms with Crippen molar-refractivity contribution in [3.63, 3.8) is 0 Å². The lowest BCUT2D eigenvalue weighted by atomic mass is 9.90. The molecule has 1 atom stereocenters. The Morgan fingerprint density at radius 1 is 1.15 bits per heavy atom. The topological polar surface area (TPSA) is 156 Å². The van der Waals surface area contributed by atoms with E-state index >= 15 is 0 Å². The molecule has 34 heavy (non-hydrogen) atoms. The number of nitrogens with zero attached hydrogens (tertiary/aromatic N) is 2. The Balaban J connectivity index is 2.31. The Bertz CT molecular complexity index is 885. The molecule has 0 saturated carbocycles. The summed E-state index contributed by atoms with van der Waals surface area (Å²) in [6.45, 7) is 4.39. The van der Waals surface area contributed by atoms with Crippen LogP contribution in [0, 0.1) is 0 Å². The molecule has 1 unspecified atom stereocenters. The first kappa shape index (κ1) is 27.1. The molecule has 11 nitrogen and oxygen atoms in total. The number of benzene rings is 1. The third-order valence-electron chi connectivity index (χ3n) is 5.46. The fourth-order valence-electron chi connectivity index (χ4n) is 3.49. The number of nitrogens with one attached hydrogen (secondary N) is 2. The number of carbonyl (C=O) groups excluding carboxylic acids is 3. The molecular weight excluding hydrogens is 444 g/mol. The number of hydrogen-bond acceptors (Lipinski definition) is 8. The van der Waals surface area contributed by atoms with E-state index in [4.69, 9.17) is 9.47 Å². The van der Waals surface area contributed by atoms with E-state index in [0.717, 1.165) is 6.42 Å². The molecule has 0 aliphatic carbocycles. The summed E-state index contributed by atoms with van der Waals surface area (Å²) in [5.74, 6) is -3.23. The molecule has 1 heterocycles. The van der Waals surface area contributed by atoms with Crippen molar-refractivity contribution in [2.24, 2.45) is 10.2 Å². The van der Waals surface area contributed by atoms with Gasteiger partial charge in [-0.3, -0.25) is 9.59 Å². The van der Waals surface area contributed by atoms with E-state index in [1.165, 1.54) is 19.1 Å². The monoisotopic (exact) mass is 476 g/mol. The van der Waals surface area contributed by atoms with Crippen LogP contribution < -0.4 is 10.6 Å². The molecule has 0 radical (unpaired) electrons. The summed E-state index contributed by atoms with van der Waals surface area (Å²) in [6.07, 6.45) is 1.06. The molecule has 1 aromatic rings. The van der Waals surface area contributed by atoms with Gasteiger partial charge in [-0.2, -0.15) is 5.11 Å². The van der Waals surface area contributed by atoms with E-state index in [-0.39, 0.29) is 38.0 Å². The van der Waals surface area contributed by atoms with Gasteiger partial charge >= 0.3 is 17.8 Å². The molecule has 11 heteroatoms. The number of carboxylic acid groups (broad SMARTS) is 1. The SMILES string of the molecule is CCCCOC(=O)N=NCC1(OC(NC(=O)c2ccccc2)(C(=O)O)C(=O)CC)CCNCC1. The van der Waals surface area contributed by atoms with Crippen LogP contribution in [0.1, 0.15) is 56.3 Å². The molecule has 1 aliphatic rings. The predicted molar refractivity (Wildman–Crippen MR) is 121 cm³/mol. The zero-order valence-corrected chi connectivity index (χ0v) is 19.5. The fourth-order valence-corrected chi connectivity index (χ4v) is 3.49. The molecule has 2 rings (SSSR count). The number of ether oxygens (including phenoxy) is 2. The van der Waals surface area contributed by atoms with E-state index in [2.05, 4.69) is 20.9 Å². The van der Waals surface area contributed by atoms with Crippen LogP contribution in [0.5, 0.6) is 0 Å². The van der Waals surface area contributed by atoms with Crippen LogP contribution in [0.15, 0.2) is 40.6 Å². The van der Waals surface area contributed by atoms with Gasteiger partial charge in [0.25, 0.3) is 5.91 Å². The normalized spacial score (nSPS) is 17.0. The van der Waals surface area contributed by atoms with Gasteiger partial charge < -0.3 is 25.2 Å². The number of rotatable bonds is 12. The number of amides is 2. The number of azo groups is 1. The number of piperidine rings is 1. The minimum atomic E-state index is -2.63. The summed E-state index contributed by atoms with van der Waals surface area (Å²) < 4.78 is 11.0. The van der Waals surface area contributed by atoms with Crippen LogP contribution >= 0.6 is 0 Å². The summed E-state index contributed by atoms with van der Waals surface area (Å²) in [6, 6.07) is 7.94. The number of Topliss-reactive ketones (excluding diaryl/α,β-unsaturated/α-hetero) is 1. The Morgan fingerprint density at radius 3 is 2.41 bits per heavy atom. The van der Waals surface area contributed by atoms with Gasteiger partial charge in [-0.05, 0) is 44.5 Å². The lowest BCUT2D eigenvalue weighted by Gasteiger charge is -2.42. The number of carboxylic acids is 1. The maximum Gasteiger partial charge on any atom is 0.452 e. The van der Waals surface area contributed by atoms with Gasteiger partial charge in [0.05, 0.1) is 18.8 Å². The number of aliphatic carboxylic acids is 1. The van der Waals surface area contributed by atoms with Gasteiger partial charge in [-0.25, -0.2) is 9.59 Å². The van der Waals surface area contributed by atoms with Crippen LogP contribution in [-0.2, 0) is 19.1 Å². The van der Waals surface area contributed by atoms with E-state index in [0.29, 0.717) is 19.5 Å². The fraction of sp³-hybridized carbons (Fsp3) is 0.565. The first-order chi connectivity index (χ1) is 16.3. The molecule has 2 amide bonds. The summed E-state index contributed by atoms with van der Waals surface area (Å²) >= 11 is 0. The van der Waals surface area contributed by atoms with Crippen molar-refractivity contribution in [3.05, 3.63) is 35.9 Å². The van der Waals surface area contributed by atoms with Crippen LogP contribution in [0.25, 0.3) is 0 Å². The van der Waals surface area contributed by atoms with Crippen LogP contribution in [0.4, 0.5) is 4.79 Å². The number of unbranched alkanes of at least 4 members (excludes halogenated alkanes) is 1. The highest BCUT2D eigenvalue weighted by atomic mass is 16.6. The lowest BCUT2D eigenvalue weighted by Crippen LogP contribution is -2.66. The molecule has 1 saturated heterocycles. The average molecular weight is 477 g/mol. The molecule has 186 valence electrons. The third-order valence-corrected chi connectivity index (χ3v) is 5.46. The highest BCUT2D eigenvalue weighted by Crippen LogP contribution is 2.31. The second kappa shape index (κ2) is 12.9. The van der Waals surface area contributed by atoms with Crippen LogP contribution in [0.3, 0.4) is 0 Å². The van der Waals surface area contributed by atoms with Crippen molar-refractivity contribution in [2.45, 2.75) is 57.3 Å². The maximum absolute atomic E-state index is 12.9. The van der Waals surface area contributed by atoms with Crippen molar-refractivity contribution in [1.82, 2.24) is 10.6 Å². The van der Waals surface area contributed by atoms with Gasteiger partial charge in [0.2, 0.25) is 0 Å². The summed E-state index contributed by atoms with van der Waals surface area (Å²) in [5, 5.41) is 23.0. The number of carbonyl (C=O) groups is 4. The Labute approximate surface area is 198 Å². The molecule has 0 aromatic heterocycles. The van der Waals surface area contributed by atoms with Gasteiger partial charge in [0.1, 0.15) is 0 Å². The van der Waals surface area contributed by atoms with Gasteiger partial charge in [0, 0.05) is 12.0 Å². The van der Waals surface area contributed by atoms with Gasteiger partial charge in [-0.1, -0.05) is 43.6 Å². The molecular formula is C23H32N4O7. The highest BCUT2D eigenvalue weighted by molar-refractivity contribution is 6.10. The second-order valence-electron chi connectivity index (χ2n) is 7.99. The van der Waals surface area contributed by atoms with Crippen molar-refractivity contribution in [3.8, 4) is 0 Å². The molecule has 1 aromatic carbocycles. The van der Waals surface area contributed by atoms with E-state index in [1.807, 2.05) is 6.92 Å². The summed E-state index contributed by atoms with van der Waals surface area (Å²) in [4.78, 5) is 50.0. The first-order valence-electron chi connectivity index (χ1n) is 11.4. The van der Waals surface area contributed by atoms with Gasteiger partial charge in [-0.15, -0.1) is 0 Å². The second-order valence-corrected chi connectivity index (χ2v) is 7.99. The zero-order chi connectivity index (χ0) is 25.0. The minimum absolute atomic E-state index is 0.175. The summed E-state index contributed by atoms with van der Waals surface area (Å²) in [7, 11) is 0. The van der Waals surface area contributed by atoms with Crippen molar-refractivity contribution in [1.29, 1.82) is 0 Å². The Kier molecular flexibility index (Phi) is 10.3. The minimum Gasteiger partial charge on any atom is -0.477 e. The van der Waals surface area contributed by atoms with Crippen LogP contribution in [0.2, 0.25) is 0 Å². The summed E-state index contributed by atoms with van der Waals surface area (Å²) in [5.41, 5.74) is -3.71. The van der Waals surface area contributed by atoms with Crippen molar-refractivity contribution < 1.29 is 33.8 Å². The highest BCUT2D eigenvalue weighted by Gasteiger charge is 2.54. The molecule has 1 aliphatic heterocycles. The maximum atomic E-state index is 12.9. The largest absolute Gasteiger partial charge is 0.477 e. The Morgan fingerprint density at radius 2 is 1.82 bits per heavy atom. The lowest BCUT2D eigenvalue weighted by molar-refractivity contribution is -0.203. The quantitative estimate of drug-likeness (QED) is 0.180. The van der Waals surface area contributed by atoms with E-state index < -0.39 is 35.1 Å². The van der Waals surface area contributed by atoms with E-state index in [9.17, 15) is 24.3 Å². The number of hydrogen-bond donors (Lipinski definition) is 3. The van der Waals surface area contributed by atoms with Crippen LogP contribution in [-0.4, -0.2) is 66.4 Å². The van der Waals surface area contributed by atoms with Crippen molar-refractivity contribution >= 4 is 23.8 Å². The van der Waals surface area contributed by atoms with Crippen molar-refractivity contribution in [2.75, 3.05) is 26.2 Å². The first-order valence-corrected chi connectivity index (χ1v) is 11.4. The molecule has 0 bridgehead atoms. The van der Waals surface area contributed by atoms with Gasteiger partial charge in [0.15, 0.2) is 5.78 Å².